The third-order valence-electron chi connectivity index (χ3n) is 26.3. The number of hydrogen-bond acceptors (Lipinski definition) is 25. The molecule has 20 rings (SSSR count). The molecule has 12 aliphatic heterocycles. The van der Waals surface area contributed by atoms with Crippen molar-refractivity contribution >= 4 is 43.6 Å². The number of anilines is 2. The van der Waals surface area contributed by atoms with E-state index in [2.05, 4.69) is 110 Å². The molecule has 0 radical (unpaired) electrons. The third-order valence-corrected chi connectivity index (χ3v) is 28.8. The van der Waals surface area contributed by atoms with Crippen molar-refractivity contribution < 1.29 is 109 Å². The summed E-state index contributed by atoms with van der Waals surface area (Å²) in [6.45, 7) is 24.6. The first-order valence-electron chi connectivity index (χ1n) is 46.4. The van der Waals surface area contributed by atoms with Gasteiger partial charge in [0, 0.05) is 49.6 Å². The zero-order valence-corrected chi connectivity index (χ0v) is 73.5. The molecule has 0 amide bonds. The summed E-state index contributed by atoms with van der Waals surface area (Å²) in [5, 5.41) is 0. The van der Waals surface area contributed by atoms with Gasteiger partial charge in [0.2, 0.25) is 0 Å². The monoisotopic (exact) mass is 1710 g/mol. The van der Waals surface area contributed by atoms with Crippen molar-refractivity contribution in [2.24, 2.45) is 23.7 Å². The number of ether oxygens (including phenoxy) is 18. The van der Waals surface area contributed by atoms with Crippen LogP contribution in [-0.4, -0.2) is 255 Å². The summed E-state index contributed by atoms with van der Waals surface area (Å²) in [7, 11) is -1.39. The molecule has 12 saturated heterocycles. The normalized spacial score (nSPS) is 31.2. The number of nitrogens with zero attached hydrogens (tertiary/aromatic N) is 2. The van der Waals surface area contributed by atoms with Crippen LogP contribution in [0.5, 0.6) is 11.5 Å². The Hall–Kier alpha value is -6.34. The Kier molecular flexibility index (Phi) is 31.4. The molecule has 4 aromatic carbocycles. The van der Waals surface area contributed by atoms with Gasteiger partial charge in [0.25, 0.3) is 0 Å². The Morgan fingerprint density at radius 1 is 0.369 bits per heavy atom. The van der Waals surface area contributed by atoms with Crippen LogP contribution in [0.2, 0.25) is 19.1 Å². The van der Waals surface area contributed by atoms with Crippen molar-refractivity contribution in [2.75, 3.05) is 135 Å². The highest BCUT2D eigenvalue weighted by atomic mass is 28.4. The summed E-state index contributed by atoms with van der Waals surface area (Å²) in [6.07, 6.45) is 27.5. The van der Waals surface area contributed by atoms with E-state index in [0.29, 0.717) is 126 Å². The largest absolute Gasteiger partial charge is 0.491 e. The van der Waals surface area contributed by atoms with Crippen LogP contribution in [0.1, 0.15) is 177 Å². The molecule has 16 unspecified atom stereocenters. The van der Waals surface area contributed by atoms with Gasteiger partial charge in [-0.15, -0.1) is 0 Å². The Balaban J connectivity index is 0.000000114. The zero-order chi connectivity index (χ0) is 83.8. The Labute approximate surface area is 722 Å². The molecule has 670 valence electrons. The number of carbonyl (C=O) groups excluding carboxylic acids is 4. The lowest BCUT2D eigenvalue weighted by atomic mass is 9.78. The number of hydrogen-bond donors (Lipinski definition) is 0. The Morgan fingerprint density at radius 3 is 1.07 bits per heavy atom. The van der Waals surface area contributed by atoms with Gasteiger partial charge in [-0.1, -0.05) is 94.5 Å². The van der Waals surface area contributed by atoms with Gasteiger partial charge >= 0.3 is 23.9 Å². The van der Waals surface area contributed by atoms with E-state index in [0.717, 1.165) is 168 Å². The molecule has 0 aromatic heterocycles. The highest BCUT2D eigenvalue weighted by molar-refractivity contribution is 6.71. The van der Waals surface area contributed by atoms with Crippen molar-refractivity contribution in [3.8, 4) is 11.5 Å². The minimum absolute atomic E-state index is 0.00840. The number of rotatable bonds is 43. The maximum atomic E-state index is 12.4. The molecule has 12 heterocycles. The molecule has 25 nitrogen and oxygen atoms in total. The standard InChI is InChI=1S/C25H30N2O4.C21H24O4.C20H28O6.C16H32O3Si.C14H20O6/c1-5-20(26(10-22-14-28-22)11-23-15-29-23)6-2-18(1)9-19-3-7-21(8-4-19)27(12-24-16-30-24)13-25-17-31-25;1-21(2,15-3-7-17(8-4-15)22-11-19-13-24-19)16-5-9-18(10-6-16)23-12-20-14-25-20;21-19(11-1-7-15-17(9-11)25-15)23-13-3-5-14(6-4-13)24-20(22)12-2-8-16-18(10-12)26-16;1-20(2,12-8-4-6-10-16-14-18-16)19-11-7-3-5-9-15-13-17-15;15-13(19-7-11-5-17-11)9-1-2-10(4-3-9)14(16)20-8-12-6-18-12/h1-8,22-25H,9-17H2;3-10,19-20H,11-14H2,1-2H3;11-18H,1-10H2;15-16H,3-14H2,1-2H3;9-12H,1-8H2. The molecule has 122 heavy (non-hydrogen) atoms. The van der Waals surface area contributed by atoms with E-state index < -0.39 is 8.32 Å². The molecule has 4 saturated carbocycles. The minimum atomic E-state index is -1.39. The summed E-state index contributed by atoms with van der Waals surface area (Å²) in [5.74, 6) is 1.22. The number of epoxide rings is 12. The van der Waals surface area contributed by atoms with Crippen LogP contribution >= 0.6 is 0 Å². The van der Waals surface area contributed by atoms with Crippen molar-refractivity contribution in [1.29, 1.82) is 0 Å². The zero-order valence-electron chi connectivity index (χ0n) is 72.5. The maximum Gasteiger partial charge on any atom is 0.309 e. The van der Waals surface area contributed by atoms with Crippen molar-refractivity contribution in [3.63, 3.8) is 0 Å². The van der Waals surface area contributed by atoms with E-state index in [1.165, 1.54) is 91.0 Å². The van der Waals surface area contributed by atoms with E-state index in [1.54, 1.807) is 0 Å². The first-order valence-corrected chi connectivity index (χ1v) is 49.5. The molecule has 26 heteroatoms. The van der Waals surface area contributed by atoms with Crippen LogP contribution in [0.4, 0.5) is 11.4 Å². The van der Waals surface area contributed by atoms with Crippen LogP contribution in [-0.2, 0) is 111 Å². The van der Waals surface area contributed by atoms with Crippen LogP contribution in [0.25, 0.3) is 0 Å². The summed E-state index contributed by atoms with van der Waals surface area (Å²) < 4.78 is 103. The number of benzene rings is 4. The topological polar surface area (TPSA) is 290 Å². The van der Waals surface area contributed by atoms with Gasteiger partial charge in [0.15, 0.2) is 8.32 Å². The molecule has 0 N–H and O–H groups in total. The quantitative estimate of drug-likeness (QED) is 0.0131. The van der Waals surface area contributed by atoms with Gasteiger partial charge in [-0.3, -0.25) is 19.2 Å². The second-order valence-corrected chi connectivity index (χ2v) is 42.1. The fraction of sp³-hybridized carbons (Fsp3) is 0.708. The van der Waals surface area contributed by atoms with E-state index in [9.17, 15) is 19.2 Å². The third kappa shape index (κ3) is 30.7. The summed E-state index contributed by atoms with van der Waals surface area (Å²) in [6, 6.07) is 35.9. The molecule has 16 aliphatic rings. The average molecular weight is 1710 g/mol. The van der Waals surface area contributed by atoms with Gasteiger partial charge in [0.1, 0.15) is 74.6 Å². The van der Waals surface area contributed by atoms with Gasteiger partial charge < -0.3 is 99.5 Å². The van der Waals surface area contributed by atoms with E-state index in [1.807, 2.05) is 24.3 Å². The lowest BCUT2D eigenvalue weighted by Gasteiger charge is -2.30. The van der Waals surface area contributed by atoms with Crippen LogP contribution < -0.4 is 19.3 Å². The number of fused-ring (bicyclic) bond motifs is 2. The second kappa shape index (κ2) is 43.0. The first-order chi connectivity index (χ1) is 59.4. The van der Waals surface area contributed by atoms with Crippen LogP contribution in [0.3, 0.4) is 0 Å². The lowest BCUT2D eigenvalue weighted by molar-refractivity contribution is -0.164. The predicted octanol–water partition coefficient (Wildman–Crippen LogP) is 13.4. The molecular weight excluding hydrogens is 1580 g/mol. The molecule has 0 spiro atoms. The van der Waals surface area contributed by atoms with E-state index in [-0.39, 0.29) is 89.6 Å². The minimum Gasteiger partial charge on any atom is -0.491 e. The summed E-state index contributed by atoms with van der Waals surface area (Å²) >= 11 is 0. The second-order valence-electron chi connectivity index (χ2n) is 37.8. The molecule has 0 bridgehead atoms. The maximum absolute atomic E-state index is 12.4. The van der Waals surface area contributed by atoms with Crippen LogP contribution in [0, 0.1) is 23.7 Å². The van der Waals surface area contributed by atoms with Crippen molar-refractivity contribution in [1.82, 2.24) is 0 Å². The SMILES string of the molecule is CC(C)(c1ccc(OCC2CO2)cc1)c1ccc(OCC2CO2)cc1.C[Si](C)(CCCCCC1CO1)OCCCCCC1CO1.O=C(OC1CCC(OC(=O)C2CCC3OC3C2)CC1)C1CCC2OC2C1.O=C(OCC1CO1)C1CCC(C(=O)OCC2CO2)CC1.c1cc(N(CC2CO2)CC2CO2)ccc1Cc1ccc(N(CC2CO2)CC2CO2)cc1. The first kappa shape index (κ1) is 89.1. The Morgan fingerprint density at radius 2 is 0.713 bits per heavy atom. The fourth-order valence-corrected chi connectivity index (χ4v) is 19.0. The van der Waals surface area contributed by atoms with Crippen molar-refractivity contribution in [3.05, 3.63) is 119 Å². The fourth-order valence-electron chi connectivity index (χ4n) is 17.1. The van der Waals surface area contributed by atoms with E-state index >= 15 is 0 Å². The number of unbranched alkanes of at least 4 members (excludes halogenated alkanes) is 4. The predicted molar refractivity (Wildman–Crippen MR) is 456 cm³/mol. The highest BCUT2D eigenvalue weighted by Gasteiger charge is 2.49. The molecule has 16 atom stereocenters. The average Bonchev–Trinajstić information content (AvgIpc) is 1.75. The van der Waals surface area contributed by atoms with Gasteiger partial charge in [0.05, 0.1) is 151 Å². The molecular formula is C96H134N2O23Si. The molecule has 4 aromatic rings. The number of esters is 4. The van der Waals surface area contributed by atoms with Crippen LogP contribution in [0.15, 0.2) is 97.1 Å². The van der Waals surface area contributed by atoms with Crippen molar-refractivity contribution in [2.45, 2.75) is 284 Å². The van der Waals surface area contributed by atoms with Gasteiger partial charge in [-0.2, -0.15) is 0 Å². The Bertz CT molecular complexity index is 3650. The van der Waals surface area contributed by atoms with E-state index in [4.69, 9.17) is 89.7 Å². The molecule has 4 aliphatic carbocycles. The lowest BCUT2D eigenvalue weighted by Crippen LogP contribution is -2.34. The summed E-state index contributed by atoms with van der Waals surface area (Å²) in [4.78, 5) is 53.1. The number of carbonyl (C=O) groups is 4. The van der Waals surface area contributed by atoms with Gasteiger partial charge in [-0.05, 0) is 205 Å². The smallest absolute Gasteiger partial charge is 0.309 e. The molecule has 16 fully saturated rings. The van der Waals surface area contributed by atoms with Gasteiger partial charge in [-0.25, -0.2) is 0 Å². The summed E-state index contributed by atoms with van der Waals surface area (Å²) in [5.41, 5.74) is 7.59. The highest BCUT2D eigenvalue weighted by Crippen LogP contribution is 2.43.